The smallest absolute Gasteiger partial charge is 0.00728 e. The van der Waals surface area contributed by atoms with Gasteiger partial charge in [0.05, 0.1) is 0 Å². The number of hydrogen-bond acceptors (Lipinski definition) is 0. The highest BCUT2D eigenvalue weighted by molar-refractivity contribution is 5.42. The van der Waals surface area contributed by atoms with Gasteiger partial charge >= 0.3 is 0 Å². The number of rotatable bonds is 1. The van der Waals surface area contributed by atoms with E-state index in [9.17, 15) is 0 Å². The van der Waals surface area contributed by atoms with E-state index in [4.69, 9.17) is 0 Å². The second-order valence-electron chi connectivity index (χ2n) is 2.92. The second kappa shape index (κ2) is 3.38. The van der Waals surface area contributed by atoms with E-state index in [0.29, 0.717) is 5.92 Å². The van der Waals surface area contributed by atoms with Crippen molar-refractivity contribution in [1.29, 1.82) is 0 Å². The minimum atomic E-state index is 0.545. The lowest BCUT2D eigenvalue weighted by Crippen LogP contribution is -1.84. The molecule has 0 heterocycles. The Hall–Kier alpha value is -1.04. The van der Waals surface area contributed by atoms with Gasteiger partial charge in [-0.2, -0.15) is 0 Å². The maximum Gasteiger partial charge on any atom is -0.00728 e. The van der Waals surface area contributed by atoms with Crippen molar-refractivity contribution in [3.05, 3.63) is 48.1 Å². The molecular formula is C11H14. The molecule has 0 N–H and O–H groups in total. The van der Waals surface area contributed by atoms with Crippen molar-refractivity contribution in [3.63, 3.8) is 0 Å². The standard InChI is InChI=1S/C11H14/c1-4-11-7-5-6-9(2)8-10(11)3/h4-9H,1H2,2-3H3. The Morgan fingerprint density at radius 3 is 2.91 bits per heavy atom. The monoisotopic (exact) mass is 146 g/mol. The van der Waals surface area contributed by atoms with Gasteiger partial charge in [-0.1, -0.05) is 43.9 Å². The van der Waals surface area contributed by atoms with E-state index < -0.39 is 0 Å². The third kappa shape index (κ3) is 1.94. The third-order valence-electron chi connectivity index (χ3n) is 1.88. The van der Waals surface area contributed by atoms with Gasteiger partial charge in [0.1, 0.15) is 0 Å². The predicted molar refractivity (Wildman–Crippen MR) is 50.3 cm³/mol. The number of allylic oxidation sites excluding steroid dienone is 7. The lowest BCUT2D eigenvalue weighted by Gasteiger charge is -2.00. The summed E-state index contributed by atoms with van der Waals surface area (Å²) in [6, 6.07) is 0. The molecule has 0 fully saturated rings. The first kappa shape index (κ1) is 8.06. The Morgan fingerprint density at radius 1 is 1.55 bits per heavy atom. The van der Waals surface area contributed by atoms with Crippen LogP contribution in [0.2, 0.25) is 0 Å². The molecule has 0 aromatic carbocycles. The summed E-state index contributed by atoms with van der Waals surface area (Å²) < 4.78 is 0. The van der Waals surface area contributed by atoms with E-state index in [1.54, 1.807) is 0 Å². The summed E-state index contributed by atoms with van der Waals surface area (Å²) >= 11 is 0. The Kier molecular flexibility index (Phi) is 2.48. The van der Waals surface area contributed by atoms with Crippen LogP contribution in [0.5, 0.6) is 0 Å². The second-order valence-corrected chi connectivity index (χ2v) is 2.92. The Morgan fingerprint density at radius 2 is 2.27 bits per heavy atom. The maximum absolute atomic E-state index is 3.76. The molecule has 1 atom stereocenters. The highest BCUT2D eigenvalue weighted by Crippen LogP contribution is 2.17. The van der Waals surface area contributed by atoms with E-state index in [1.165, 1.54) is 11.1 Å². The van der Waals surface area contributed by atoms with Crippen LogP contribution in [0.25, 0.3) is 0 Å². The fourth-order valence-electron chi connectivity index (χ4n) is 1.24. The molecule has 0 nitrogen and oxygen atoms in total. The molecule has 58 valence electrons. The molecule has 0 radical (unpaired) electrons. The zero-order chi connectivity index (χ0) is 8.27. The van der Waals surface area contributed by atoms with Crippen LogP contribution >= 0.6 is 0 Å². The summed E-state index contributed by atoms with van der Waals surface area (Å²) in [6.45, 7) is 8.06. The first-order valence-corrected chi connectivity index (χ1v) is 3.93. The molecule has 0 spiro atoms. The Balaban J connectivity index is 2.97. The fourth-order valence-corrected chi connectivity index (χ4v) is 1.24. The molecule has 0 amide bonds. The van der Waals surface area contributed by atoms with Gasteiger partial charge < -0.3 is 0 Å². The Bertz CT molecular complexity index is 239. The summed E-state index contributed by atoms with van der Waals surface area (Å²) in [6.07, 6.45) is 10.5. The largest absolute Gasteiger partial charge is 0.0985 e. The highest BCUT2D eigenvalue weighted by atomic mass is 14.0. The van der Waals surface area contributed by atoms with E-state index >= 15 is 0 Å². The molecule has 0 saturated carbocycles. The van der Waals surface area contributed by atoms with Crippen LogP contribution in [0, 0.1) is 5.92 Å². The molecule has 1 rings (SSSR count). The molecule has 0 heteroatoms. The van der Waals surface area contributed by atoms with E-state index in [2.05, 4.69) is 44.7 Å². The van der Waals surface area contributed by atoms with Gasteiger partial charge in [-0.3, -0.25) is 0 Å². The number of hydrogen-bond donors (Lipinski definition) is 0. The molecule has 0 aromatic rings. The van der Waals surface area contributed by atoms with E-state index in [0.717, 1.165) is 0 Å². The van der Waals surface area contributed by atoms with Crippen LogP contribution in [0.4, 0.5) is 0 Å². The topological polar surface area (TPSA) is 0 Å². The average molecular weight is 146 g/mol. The van der Waals surface area contributed by atoms with Crippen molar-refractivity contribution < 1.29 is 0 Å². The predicted octanol–water partition coefficient (Wildman–Crippen LogP) is 3.25. The van der Waals surface area contributed by atoms with Crippen molar-refractivity contribution in [2.45, 2.75) is 13.8 Å². The van der Waals surface area contributed by atoms with Gasteiger partial charge in [-0.15, -0.1) is 0 Å². The van der Waals surface area contributed by atoms with Gasteiger partial charge in [0.2, 0.25) is 0 Å². The van der Waals surface area contributed by atoms with Gasteiger partial charge in [-0.05, 0) is 24.0 Å². The summed E-state index contributed by atoms with van der Waals surface area (Å²) in [5, 5.41) is 0. The van der Waals surface area contributed by atoms with Crippen molar-refractivity contribution in [1.82, 2.24) is 0 Å². The van der Waals surface area contributed by atoms with Crippen LogP contribution in [0.1, 0.15) is 13.8 Å². The molecule has 1 aliphatic rings. The van der Waals surface area contributed by atoms with E-state index in [1.807, 2.05) is 6.08 Å². The molecule has 0 saturated heterocycles. The van der Waals surface area contributed by atoms with Crippen LogP contribution in [0.3, 0.4) is 0 Å². The molecular weight excluding hydrogens is 132 g/mol. The summed E-state index contributed by atoms with van der Waals surface area (Å²) in [4.78, 5) is 0. The normalized spacial score (nSPS) is 23.6. The lowest BCUT2D eigenvalue weighted by molar-refractivity contribution is 0.932. The third-order valence-corrected chi connectivity index (χ3v) is 1.88. The first-order chi connectivity index (χ1) is 5.24. The maximum atomic E-state index is 3.76. The van der Waals surface area contributed by atoms with Crippen molar-refractivity contribution in [2.24, 2.45) is 5.92 Å². The molecule has 0 aromatic heterocycles. The first-order valence-electron chi connectivity index (χ1n) is 3.93. The zero-order valence-electron chi connectivity index (χ0n) is 7.17. The molecule has 0 bridgehead atoms. The van der Waals surface area contributed by atoms with Crippen molar-refractivity contribution in [3.8, 4) is 0 Å². The molecule has 0 aliphatic heterocycles. The summed E-state index contributed by atoms with van der Waals surface area (Å²) in [5.74, 6) is 0.545. The quantitative estimate of drug-likeness (QED) is 0.532. The molecule has 11 heavy (non-hydrogen) atoms. The average Bonchev–Trinajstić information content (AvgIpc) is 2.11. The van der Waals surface area contributed by atoms with Crippen LogP contribution < -0.4 is 0 Å². The molecule has 1 unspecified atom stereocenters. The summed E-state index contributed by atoms with van der Waals surface area (Å²) in [7, 11) is 0. The van der Waals surface area contributed by atoms with Crippen LogP contribution in [0.15, 0.2) is 48.1 Å². The van der Waals surface area contributed by atoms with Gasteiger partial charge in [-0.25, -0.2) is 0 Å². The fraction of sp³-hybridized carbons (Fsp3) is 0.273. The van der Waals surface area contributed by atoms with Gasteiger partial charge in [0, 0.05) is 0 Å². The van der Waals surface area contributed by atoms with E-state index in [-0.39, 0.29) is 0 Å². The summed E-state index contributed by atoms with van der Waals surface area (Å²) in [5.41, 5.74) is 2.54. The van der Waals surface area contributed by atoms with Crippen LogP contribution in [-0.2, 0) is 0 Å². The van der Waals surface area contributed by atoms with Gasteiger partial charge in [0.25, 0.3) is 0 Å². The van der Waals surface area contributed by atoms with Crippen LogP contribution in [-0.4, -0.2) is 0 Å². The zero-order valence-corrected chi connectivity index (χ0v) is 7.17. The lowest BCUT2D eigenvalue weighted by atomic mass is 10.1. The van der Waals surface area contributed by atoms with Crippen molar-refractivity contribution in [2.75, 3.05) is 0 Å². The van der Waals surface area contributed by atoms with Gasteiger partial charge in [0.15, 0.2) is 0 Å². The highest BCUT2D eigenvalue weighted by Gasteiger charge is 1.99. The minimum absolute atomic E-state index is 0.545. The molecule has 1 aliphatic carbocycles. The SMILES string of the molecule is C=CC1=CC=CC(C)C=C1C. The van der Waals surface area contributed by atoms with Crippen molar-refractivity contribution >= 4 is 0 Å². The minimum Gasteiger partial charge on any atom is -0.0985 e. The Labute approximate surface area is 68.6 Å².